The molecule has 1 heterocycles. The maximum absolute atomic E-state index is 11.4. The molecule has 17 heavy (non-hydrogen) atoms. The zero-order valence-electron chi connectivity index (χ0n) is 9.39. The highest BCUT2D eigenvalue weighted by atomic mass is 79.9. The van der Waals surface area contributed by atoms with Crippen LogP contribution in [-0.4, -0.2) is 33.0 Å². The maximum Gasteiger partial charge on any atom is 0.153 e. The lowest BCUT2D eigenvalue weighted by Crippen LogP contribution is -2.40. The van der Waals surface area contributed by atoms with Crippen LogP contribution in [0.3, 0.4) is 0 Å². The number of nitrogens with two attached hydrogens (primary N) is 1. The topological polar surface area (TPSA) is 63.4 Å². The van der Waals surface area contributed by atoms with Gasteiger partial charge in [0.05, 0.1) is 17.2 Å². The van der Waals surface area contributed by atoms with Gasteiger partial charge in [0.15, 0.2) is 9.84 Å². The van der Waals surface area contributed by atoms with Crippen LogP contribution in [0, 0.1) is 0 Å². The van der Waals surface area contributed by atoms with Gasteiger partial charge in [-0.25, -0.2) is 8.42 Å². The van der Waals surface area contributed by atoms with Crippen LogP contribution in [0.5, 0.6) is 0 Å². The summed E-state index contributed by atoms with van der Waals surface area (Å²) in [5.74, 6) is 0.468. The van der Waals surface area contributed by atoms with Crippen molar-refractivity contribution in [2.24, 2.45) is 5.73 Å². The molecular weight excluding hydrogens is 304 g/mol. The molecule has 0 amide bonds. The Bertz CT molecular complexity index is 502. The molecule has 6 heteroatoms. The summed E-state index contributed by atoms with van der Waals surface area (Å²) in [6.07, 6.45) is 0. The van der Waals surface area contributed by atoms with Gasteiger partial charge >= 0.3 is 0 Å². The van der Waals surface area contributed by atoms with Crippen molar-refractivity contribution in [3.8, 4) is 0 Å². The zero-order valence-corrected chi connectivity index (χ0v) is 11.8. The number of benzene rings is 1. The second kappa shape index (κ2) is 4.96. The summed E-state index contributed by atoms with van der Waals surface area (Å²) in [7, 11) is -2.83. The Kier molecular flexibility index (Phi) is 3.75. The Hall–Kier alpha value is -0.590. The third kappa shape index (κ3) is 3.00. The first kappa shape index (κ1) is 12.9. The van der Waals surface area contributed by atoms with E-state index in [4.69, 9.17) is 5.73 Å². The molecular formula is C11H15BrN2O2S. The van der Waals surface area contributed by atoms with Gasteiger partial charge in [-0.15, -0.1) is 0 Å². The van der Waals surface area contributed by atoms with E-state index in [1.807, 2.05) is 18.2 Å². The van der Waals surface area contributed by atoms with Crippen LogP contribution in [-0.2, 0) is 16.4 Å². The molecule has 4 nitrogen and oxygen atoms in total. The van der Waals surface area contributed by atoms with Gasteiger partial charge in [0.25, 0.3) is 0 Å². The lowest BCUT2D eigenvalue weighted by Gasteiger charge is -2.29. The first-order chi connectivity index (χ1) is 8.02. The molecule has 94 valence electrons. The fraction of sp³-hybridized carbons (Fsp3) is 0.455. The number of nitrogens with zero attached hydrogens (tertiary/aromatic N) is 1. The van der Waals surface area contributed by atoms with E-state index in [9.17, 15) is 8.42 Å². The minimum absolute atomic E-state index is 0.234. The van der Waals surface area contributed by atoms with Crippen LogP contribution in [0.4, 0.5) is 5.69 Å². The smallest absolute Gasteiger partial charge is 0.153 e. The molecule has 0 radical (unpaired) electrons. The van der Waals surface area contributed by atoms with Crippen LogP contribution in [0.2, 0.25) is 0 Å². The van der Waals surface area contributed by atoms with Crippen molar-refractivity contribution < 1.29 is 8.42 Å². The predicted molar refractivity (Wildman–Crippen MR) is 72.9 cm³/mol. The highest BCUT2D eigenvalue weighted by Gasteiger charge is 2.22. The third-order valence-electron chi connectivity index (χ3n) is 2.93. The number of hydrogen-bond acceptors (Lipinski definition) is 4. The van der Waals surface area contributed by atoms with Gasteiger partial charge in [-0.2, -0.15) is 0 Å². The van der Waals surface area contributed by atoms with Crippen LogP contribution in [0.25, 0.3) is 0 Å². The molecule has 1 fully saturated rings. The molecule has 0 unspecified atom stereocenters. The molecule has 0 spiro atoms. The van der Waals surface area contributed by atoms with Gasteiger partial charge in [-0.1, -0.05) is 6.07 Å². The minimum atomic E-state index is -2.83. The van der Waals surface area contributed by atoms with Gasteiger partial charge < -0.3 is 10.6 Å². The van der Waals surface area contributed by atoms with Crippen molar-refractivity contribution >= 4 is 31.5 Å². The van der Waals surface area contributed by atoms with Crippen molar-refractivity contribution in [2.75, 3.05) is 29.5 Å². The molecule has 0 saturated carbocycles. The molecule has 2 rings (SSSR count). The molecule has 1 aromatic carbocycles. The lowest BCUT2D eigenvalue weighted by atomic mass is 10.2. The first-order valence-electron chi connectivity index (χ1n) is 5.46. The molecule has 1 saturated heterocycles. The average molecular weight is 319 g/mol. The summed E-state index contributed by atoms with van der Waals surface area (Å²) in [6.45, 7) is 1.62. The molecule has 1 aromatic rings. The summed E-state index contributed by atoms with van der Waals surface area (Å²) >= 11 is 3.51. The SMILES string of the molecule is NCc1ccc(N2CCS(=O)(=O)CC2)c(Br)c1. The molecule has 0 bridgehead atoms. The average Bonchev–Trinajstić information content (AvgIpc) is 2.29. The molecule has 2 N–H and O–H groups in total. The van der Waals surface area contributed by atoms with E-state index < -0.39 is 9.84 Å². The second-order valence-electron chi connectivity index (χ2n) is 4.13. The Balaban J connectivity index is 2.19. The summed E-state index contributed by atoms with van der Waals surface area (Å²) in [5.41, 5.74) is 7.67. The standard InChI is InChI=1S/C11H15BrN2O2S/c12-10-7-9(8-13)1-2-11(10)14-3-5-17(15,16)6-4-14/h1-2,7H,3-6,8,13H2. The van der Waals surface area contributed by atoms with Crippen molar-refractivity contribution in [2.45, 2.75) is 6.54 Å². The van der Waals surface area contributed by atoms with Crippen molar-refractivity contribution in [3.05, 3.63) is 28.2 Å². The molecule has 0 aromatic heterocycles. The Morgan fingerprint density at radius 3 is 2.47 bits per heavy atom. The third-order valence-corrected chi connectivity index (χ3v) is 5.18. The van der Waals surface area contributed by atoms with Gasteiger partial charge in [0.1, 0.15) is 0 Å². The molecule has 0 aliphatic carbocycles. The van der Waals surface area contributed by atoms with E-state index in [0.717, 1.165) is 15.7 Å². The van der Waals surface area contributed by atoms with Crippen LogP contribution in [0.1, 0.15) is 5.56 Å². The summed E-state index contributed by atoms with van der Waals surface area (Å²) in [4.78, 5) is 2.09. The van der Waals surface area contributed by atoms with Gasteiger partial charge in [0, 0.05) is 24.1 Å². The van der Waals surface area contributed by atoms with E-state index in [0.29, 0.717) is 19.6 Å². The van der Waals surface area contributed by atoms with E-state index in [-0.39, 0.29) is 11.5 Å². The van der Waals surface area contributed by atoms with Gasteiger partial charge in [-0.05, 0) is 33.6 Å². The van der Waals surface area contributed by atoms with Crippen molar-refractivity contribution in [3.63, 3.8) is 0 Å². The molecule has 1 aliphatic heterocycles. The zero-order chi connectivity index (χ0) is 12.5. The van der Waals surface area contributed by atoms with E-state index >= 15 is 0 Å². The fourth-order valence-electron chi connectivity index (χ4n) is 1.89. The van der Waals surface area contributed by atoms with Crippen molar-refractivity contribution in [1.29, 1.82) is 0 Å². The number of sulfone groups is 1. The highest BCUT2D eigenvalue weighted by Crippen LogP contribution is 2.28. The van der Waals surface area contributed by atoms with E-state index in [1.54, 1.807) is 0 Å². The molecule has 1 aliphatic rings. The monoisotopic (exact) mass is 318 g/mol. The number of anilines is 1. The van der Waals surface area contributed by atoms with Crippen LogP contribution >= 0.6 is 15.9 Å². The Labute approximate surface area is 110 Å². The quantitative estimate of drug-likeness (QED) is 0.888. The first-order valence-corrected chi connectivity index (χ1v) is 8.07. The molecule has 0 atom stereocenters. The van der Waals surface area contributed by atoms with Gasteiger partial charge in [0.2, 0.25) is 0 Å². The number of rotatable bonds is 2. The summed E-state index contributed by atoms with van der Waals surface area (Å²) in [5, 5.41) is 0. The maximum atomic E-state index is 11.4. The van der Waals surface area contributed by atoms with Crippen LogP contribution < -0.4 is 10.6 Å². The summed E-state index contributed by atoms with van der Waals surface area (Å²) < 4.78 is 23.7. The number of halogens is 1. The normalized spacial score (nSPS) is 19.3. The lowest BCUT2D eigenvalue weighted by molar-refractivity contribution is 0.586. The van der Waals surface area contributed by atoms with Crippen LogP contribution in [0.15, 0.2) is 22.7 Å². The van der Waals surface area contributed by atoms with E-state index in [2.05, 4.69) is 20.8 Å². The fourth-order valence-corrected chi connectivity index (χ4v) is 3.77. The van der Waals surface area contributed by atoms with E-state index in [1.165, 1.54) is 0 Å². The largest absolute Gasteiger partial charge is 0.369 e. The van der Waals surface area contributed by atoms with Gasteiger partial charge in [-0.3, -0.25) is 0 Å². The Morgan fingerprint density at radius 1 is 1.29 bits per heavy atom. The predicted octanol–water partition coefficient (Wildman–Crippen LogP) is 1.14. The van der Waals surface area contributed by atoms with Crippen molar-refractivity contribution in [1.82, 2.24) is 0 Å². The highest BCUT2D eigenvalue weighted by molar-refractivity contribution is 9.10. The second-order valence-corrected chi connectivity index (χ2v) is 7.29. The summed E-state index contributed by atoms with van der Waals surface area (Å²) in [6, 6.07) is 5.95. The minimum Gasteiger partial charge on any atom is -0.369 e. The number of hydrogen-bond donors (Lipinski definition) is 1. The Morgan fingerprint density at radius 2 is 1.94 bits per heavy atom.